The van der Waals surface area contributed by atoms with Crippen LogP contribution in [0.1, 0.15) is 38.9 Å². The molecule has 0 radical (unpaired) electrons. The molecule has 2 aromatic rings. The summed E-state index contributed by atoms with van der Waals surface area (Å²) in [6.07, 6.45) is -4.30. The zero-order chi connectivity index (χ0) is 25.0. The van der Waals surface area contributed by atoms with Gasteiger partial charge in [-0.25, -0.2) is 4.98 Å². The summed E-state index contributed by atoms with van der Waals surface area (Å²) < 4.78 is 46.5. The van der Waals surface area contributed by atoms with Gasteiger partial charge in [-0.05, 0) is 31.7 Å². The van der Waals surface area contributed by atoms with E-state index in [1.54, 1.807) is 6.92 Å². The minimum atomic E-state index is -4.69. The Morgan fingerprint density at radius 2 is 1.89 bits per heavy atom. The Hall–Kier alpha value is -2.21. The molecule has 2 saturated heterocycles. The Morgan fingerprint density at radius 1 is 1.17 bits per heavy atom. The van der Waals surface area contributed by atoms with Crippen LogP contribution < -0.4 is 10.2 Å². The van der Waals surface area contributed by atoms with Gasteiger partial charge in [0, 0.05) is 57.9 Å². The molecule has 1 N–H and O–H groups in total. The van der Waals surface area contributed by atoms with Crippen molar-refractivity contribution >= 4 is 22.9 Å². The highest BCUT2D eigenvalue weighted by Crippen LogP contribution is 2.35. The zero-order valence-electron chi connectivity index (χ0n) is 20.1. The van der Waals surface area contributed by atoms with Crippen LogP contribution >= 0.6 is 11.3 Å². The summed E-state index contributed by atoms with van der Waals surface area (Å²) in [5.41, 5.74) is 0.741. The number of thiazole rings is 1. The van der Waals surface area contributed by atoms with Gasteiger partial charge in [-0.1, -0.05) is 12.1 Å². The molecule has 0 bridgehead atoms. The van der Waals surface area contributed by atoms with Gasteiger partial charge in [0.1, 0.15) is 4.88 Å². The predicted octanol–water partition coefficient (Wildman–Crippen LogP) is 3.28. The number of carbonyl (C=O) groups is 1. The van der Waals surface area contributed by atoms with E-state index in [9.17, 15) is 18.0 Å². The van der Waals surface area contributed by atoms with Crippen LogP contribution in [0.4, 0.5) is 18.9 Å². The molecule has 3 heterocycles. The van der Waals surface area contributed by atoms with E-state index in [1.165, 1.54) is 0 Å². The van der Waals surface area contributed by atoms with Gasteiger partial charge in [0.15, 0.2) is 5.69 Å². The number of ether oxygens (including phenoxy) is 1. The standard InChI is InChI=1S/C24H32F3N5O2S/c1-17(18-4-3-5-19(16-18)32-12-14-34-15-13-32)28-23(33)21-22(24(25,26)27)29-20(35-21)6-7-31-10-8-30(2)9-11-31/h3-5,16-17H,6-15H2,1-2H3,(H,28,33). The third-order valence-electron chi connectivity index (χ3n) is 6.48. The number of amides is 1. The maximum Gasteiger partial charge on any atom is 0.435 e. The molecule has 4 rings (SSSR count). The van der Waals surface area contributed by atoms with Crippen LogP contribution in [0, 0.1) is 0 Å². The summed E-state index contributed by atoms with van der Waals surface area (Å²) >= 11 is 0.844. The molecule has 1 aromatic carbocycles. The molecule has 1 atom stereocenters. The molecule has 2 fully saturated rings. The third kappa shape index (κ3) is 6.72. The number of alkyl halides is 3. The average molecular weight is 512 g/mol. The van der Waals surface area contributed by atoms with Gasteiger partial charge in [-0.2, -0.15) is 13.2 Å². The molecule has 7 nitrogen and oxygen atoms in total. The van der Waals surface area contributed by atoms with Crippen LogP contribution in [0.2, 0.25) is 0 Å². The maximum atomic E-state index is 13.7. The maximum absolute atomic E-state index is 13.7. The number of piperazine rings is 1. The lowest BCUT2D eigenvalue weighted by molar-refractivity contribution is -0.141. The minimum absolute atomic E-state index is 0.336. The number of nitrogens with one attached hydrogen (secondary N) is 1. The Balaban J connectivity index is 1.44. The number of anilines is 1. The van der Waals surface area contributed by atoms with Crippen LogP contribution in [-0.4, -0.2) is 86.8 Å². The van der Waals surface area contributed by atoms with E-state index in [2.05, 4.69) is 32.0 Å². The largest absolute Gasteiger partial charge is 0.435 e. The molecular formula is C24H32F3N5O2S. The third-order valence-corrected chi connectivity index (χ3v) is 7.59. The minimum Gasteiger partial charge on any atom is -0.378 e. The molecule has 2 aliphatic rings. The lowest BCUT2D eigenvalue weighted by Gasteiger charge is -2.32. The SMILES string of the molecule is CC(NC(=O)c1sc(CCN2CCN(C)CC2)nc1C(F)(F)F)c1cccc(N2CCOCC2)c1. The zero-order valence-corrected chi connectivity index (χ0v) is 20.9. The van der Waals surface area contributed by atoms with E-state index < -0.39 is 23.8 Å². The molecule has 1 amide bonds. The summed E-state index contributed by atoms with van der Waals surface area (Å²) in [7, 11) is 2.05. The molecule has 0 aliphatic carbocycles. The highest BCUT2D eigenvalue weighted by atomic mass is 32.1. The van der Waals surface area contributed by atoms with Gasteiger partial charge in [0.05, 0.1) is 24.3 Å². The van der Waals surface area contributed by atoms with E-state index in [-0.39, 0.29) is 4.88 Å². The normalized spacial score (nSPS) is 19.1. The van der Waals surface area contributed by atoms with E-state index in [4.69, 9.17) is 4.74 Å². The summed E-state index contributed by atoms with van der Waals surface area (Å²) in [4.78, 5) is 23.1. The first-order valence-corrected chi connectivity index (χ1v) is 12.7. The van der Waals surface area contributed by atoms with Crippen LogP contribution in [0.3, 0.4) is 0 Å². The second-order valence-corrected chi connectivity index (χ2v) is 10.2. The molecule has 35 heavy (non-hydrogen) atoms. The highest BCUT2D eigenvalue weighted by molar-refractivity contribution is 7.13. The first-order valence-electron chi connectivity index (χ1n) is 11.9. The number of hydrogen-bond acceptors (Lipinski definition) is 7. The highest BCUT2D eigenvalue weighted by Gasteiger charge is 2.39. The van der Waals surface area contributed by atoms with Crippen molar-refractivity contribution in [3.63, 3.8) is 0 Å². The Kier molecular flexibility index (Phi) is 8.31. The van der Waals surface area contributed by atoms with Crippen LogP contribution in [-0.2, 0) is 17.3 Å². The summed E-state index contributed by atoms with van der Waals surface area (Å²) in [5.74, 6) is -0.745. The molecule has 1 unspecified atom stereocenters. The number of nitrogens with zero attached hydrogens (tertiary/aromatic N) is 4. The lowest BCUT2D eigenvalue weighted by Crippen LogP contribution is -2.45. The quantitative estimate of drug-likeness (QED) is 0.616. The fraction of sp³-hybridized carbons (Fsp3) is 0.583. The predicted molar refractivity (Wildman–Crippen MR) is 130 cm³/mol. The molecule has 1 aromatic heterocycles. The second-order valence-electron chi connectivity index (χ2n) is 9.07. The first kappa shape index (κ1) is 25.9. The fourth-order valence-electron chi connectivity index (χ4n) is 4.30. The summed E-state index contributed by atoms with van der Waals surface area (Å²) in [6, 6.07) is 7.26. The van der Waals surface area contributed by atoms with Crippen LogP contribution in [0.15, 0.2) is 24.3 Å². The topological polar surface area (TPSA) is 60.9 Å². The van der Waals surface area contributed by atoms with Crippen molar-refractivity contribution in [1.29, 1.82) is 0 Å². The average Bonchev–Trinajstić information content (AvgIpc) is 3.30. The molecule has 192 valence electrons. The molecule has 0 spiro atoms. The first-order chi connectivity index (χ1) is 16.7. The molecule has 0 saturated carbocycles. The molecule has 11 heteroatoms. The number of likely N-dealkylation sites (N-methyl/N-ethyl adjacent to an activating group) is 1. The Labute approximate surface area is 207 Å². The number of carbonyl (C=O) groups excluding carboxylic acids is 1. The fourth-order valence-corrected chi connectivity index (χ4v) is 5.28. The second kappa shape index (κ2) is 11.2. The summed E-state index contributed by atoms with van der Waals surface area (Å²) in [5, 5.41) is 3.09. The van der Waals surface area contributed by atoms with E-state index >= 15 is 0 Å². The number of morpholine rings is 1. The van der Waals surface area contributed by atoms with Crippen molar-refractivity contribution in [2.45, 2.75) is 25.6 Å². The van der Waals surface area contributed by atoms with Gasteiger partial charge in [-0.3, -0.25) is 4.79 Å². The van der Waals surface area contributed by atoms with Gasteiger partial charge in [0.2, 0.25) is 0 Å². The van der Waals surface area contributed by atoms with Crippen molar-refractivity contribution in [2.24, 2.45) is 0 Å². The van der Waals surface area contributed by atoms with Gasteiger partial charge in [-0.15, -0.1) is 11.3 Å². The van der Waals surface area contributed by atoms with Crippen molar-refractivity contribution in [1.82, 2.24) is 20.1 Å². The number of rotatable bonds is 7. The molecule has 2 aliphatic heterocycles. The van der Waals surface area contributed by atoms with E-state index in [0.29, 0.717) is 31.2 Å². The van der Waals surface area contributed by atoms with Crippen molar-refractivity contribution in [2.75, 3.05) is 71.0 Å². The smallest absolute Gasteiger partial charge is 0.378 e. The number of hydrogen-bond donors (Lipinski definition) is 1. The van der Waals surface area contributed by atoms with Gasteiger partial charge in [0.25, 0.3) is 5.91 Å². The van der Waals surface area contributed by atoms with Crippen molar-refractivity contribution in [3.05, 3.63) is 45.4 Å². The Morgan fingerprint density at radius 3 is 2.57 bits per heavy atom. The Bertz CT molecular complexity index is 1000. The summed E-state index contributed by atoms with van der Waals surface area (Å²) in [6.45, 7) is 8.88. The van der Waals surface area contributed by atoms with Crippen LogP contribution in [0.5, 0.6) is 0 Å². The number of benzene rings is 1. The van der Waals surface area contributed by atoms with Gasteiger partial charge < -0.3 is 24.8 Å². The van der Waals surface area contributed by atoms with Crippen LogP contribution in [0.25, 0.3) is 0 Å². The lowest BCUT2D eigenvalue weighted by atomic mass is 10.1. The number of aromatic nitrogens is 1. The van der Waals surface area contributed by atoms with E-state index in [0.717, 1.165) is 61.9 Å². The van der Waals surface area contributed by atoms with E-state index in [1.807, 2.05) is 24.3 Å². The van der Waals surface area contributed by atoms with Crippen molar-refractivity contribution < 1.29 is 22.7 Å². The van der Waals surface area contributed by atoms with Crippen molar-refractivity contribution in [3.8, 4) is 0 Å². The van der Waals surface area contributed by atoms with Gasteiger partial charge >= 0.3 is 6.18 Å². The number of halogens is 3. The monoisotopic (exact) mass is 511 g/mol. The molecular weight excluding hydrogens is 479 g/mol.